The molecule has 0 aliphatic heterocycles. The second-order valence-corrected chi connectivity index (χ2v) is 8.44. The Morgan fingerprint density at radius 3 is 3.03 bits per heavy atom. The molecule has 0 saturated heterocycles. The summed E-state index contributed by atoms with van der Waals surface area (Å²) in [6.45, 7) is 4.47. The highest BCUT2D eigenvalue weighted by molar-refractivity contribution is 6.31. The fourth-order valence-electron chi connectivity index (χ4n) is 4.14. The number of hydrogen-bond donors (Lipinski definition) is 3. The van der Waals surface area contributed by atoms with Crippen LogP contribution in [0.25, 0.3) is 22.4 Å². The van der Waals surface area contributed by atoms with Gasteiger partial charge in [0.1, 0.15) is 5.65 Å². The number of pyridine rings is 1. The van der Waals surface area contributed by atoms with Crippen LogP contribution in [-0.2, 0) is 4.79 Å². The quantitative estimate of drug-likeness (QED) is 0.560. The van der Waals surface area contributed by atoms with E-state index in [-0.39, 0.29) is 17.8 Å². The summed E-state index contributed by atoms with van der Waals surface area (Å²) in [5, 5.41) is 7.38. The summed E-state index contributed by atoms with van der Waals surface area (Å²) in [5.41, 5.74) is 0.873. The van der Waals surface area contributed by atoms with Gasteiger partial charge in [-0.05, 0) is 32.3 Å². The van der Waals surface area contributed by atoms with Crippen LogP contribution in [0.3, 0.4) is 0 Å². The standard InChI is InChI=1S/C21H24ClFN6O/c1-3-24-20(30)21(2)6-4-5-13(8-21)28-19-16(23)11-27-18(29-19)15-10-26-17-14(15)7-12(22)9-25-17/h7,9-11,13H,3-6,8H2,1-2H3,(H,24,30)(H,25,26)(H,27,28,29)/t13?,21-/m1/s1. The van der Waals surface area contributed by atoms with E-state index in [1.807, 2.05) is 13.8 Å². The van der Waals surface area contributed by atoms with Crippen LogP contribution >= 0.6 is 11.6 Å². The molecule has 1 aliphatic carbocycles. The fourth-order valence-corrected chi connectivity index (χ4v) is 4.30. The number of fused-ring (bicyclic) bond motifs is 1. The lowest BCUT2D eigenvalue weighted by Crippen LogP contribution is -2.45. The second kappa shape index (κ2) is 8.18. The Morgan fingerprint density at radius 1 is 1.40 bits per heavy atom. The number of carbonyl (C=O) groups excluding carboxylic acids is 1. The molecule has 3 N–H and O–H groups in total. The van der Waals surface area contributed by atoms with Gasteiger partial charge in [0.05, 0.1) is 11.2 Å². The minimum absolute atomic E-state index is 0.0449. The van der Waals surface area contributed by atoms with E-state index in [1.54, 1.807) is 18.5 Å². The van der Waals surface area contributed by atoms with Gasteiger partial charge in [-0.3, -0.25) is 4.79 Å². The van der Waals surface area contributed by atoms with Gasteiger partial charge in [0.25, 0.3) is 0 Å². The van der Waals surface area contributed by atoms with E-state index in [2.05, 4.69) is 30.6 Å². The van der Waals surface area contributed by atoms with Gasteiger partial charge in [-0.1, -0.05) is 24.9 Å². The van der Waals surface area contributed by atoms with E-state index >= 15 is 0 Å². The Bertz CT molecular complexity index is 1090. The zero-order chi connectivity index (χ0) is 21.3. The van der Waals surface area contributed by atoms with Crippen molar-refractivity contribution in [1.82, 2.24) is 25.3 Å². The molecule has 1 unspecified atom stereocenters. The van der Waals surface area contributed by atoms with Crippen molar-refractivity contribution in [3.63, 3.8) is 0 Å². The summed E-state index contributed by atoms with van der Waals surface area (Å²) < 4.78 is 14.5. The monoisotopic (exact) mass is 430 g/mol. The van der Waals surface area contributed by atoms with Crippen LogP contribution in [0.4, 0.5) is 10.2 Å². The number of anilines is 1. The molecule has 0 aromatic carbocycles. The zero-order valence-electron chi connectivity index (χ0n) is 16.9. The van der Waals surface area contributed by atoms with Gasteiger partial charge >= 0.3 is 0 Å². The van der Waals surface area contributed by atoms with E-state index in [9.17, 15) is 9.18 Å². The van der Waals surface area contributed by atoms with E-state index in [0.29, 0.717) is 35.0 Å². The summed E-state index contributed by atoms with van der Waals surface area (Å²) >= 11 is 6.07. The molecule has 1 fully saturated rings. The van der Waals surface area contributed by atoms with Crippen molar-refractivity contribution in [3.8, 4) is 11.4 Å². The number of halogens is 2. The SMILES string of the molecule is CCNC(=O)[C@]1(C)CCCC(Nc2nc(-c3c[nH]c4ncc(Cl)cc34)ncc2F)C1. The molecule has 2 atom stereocenters. The first kappa shape index (κ1) is 20.5. The Kier molecular flexibility index (Phi) is 5.60. The van der Waals surface area contributed by atoms with Gasteiger partial charge < -0.3 is 15.6 Å². The molecule has 1 saturated carbocycles. The Hall–Kier alpha value is -2.74. The van der Waals surface area contributed by atoms with Crippen LogP contribution in [0, 0.1) is 11.2 Å². The Morgan fingerprint density at radius 2 is 2.23 bits per heavy atom. The highest BCUT2D eigenvalue weighted by Crippen LogP contribution is 2.37. The number of nitrogens with one attached hydrogen (secondary N) is 3. The average Bonchev–Trinajstić information content (AvgIpc) is 3.13. The van der Waals surface area contributed by atoms with Crippen LogP contribution in [0.1, 0.15) is 39.5 Å². The Labute approximate surface area is 178 Å². The molecular formula is C21H24ClFN6O. The summed E-state index contributed by atoms with van der Waals surface area (Å²) in [6.07, 6.45) is 7.61. The summed E-state index contributed by atoms with van der Waals surface area (Å²) in [7, 11) is 0. The molecule has 3 aromatic rings. The zero-order valence-corrected chi connectivity index (χ0v) is 17.7. The molecule has 0 spiro atoms. The summed E-state index contributed by atoms with van der Waals surface area (Å²) in [6, 6.07) is 1.72. The fraction of sp³-hybridized carbons (Fsp3) is 0.429. The van der Waals surface area contributed by atoms with Crippen molar-refractivity contribution in [3.05, 3.63) is 35.5 Å². The second-order valence-electron chi connectivity index (χ2n) is 8.00. The number of aromatic amines is 1. The molecule has 3 heterocycles. The number of aromatic nitrogens is 4. The molecule has 9 heteroatoms. The molecule has 30 heavy (non-hydrogen) atoms. The van der Waals surface area contributed by atoms with Crippen molar-refractivity contribution in [2.24, 2.45) is 5.41 Å². The van der Waals surface area contributed by atoms with Gasteiger partial charge in [-0.15, -0.1) is 0 Å². The molecule has 1 aliphatic rings. The number of hydrogen-bond acceptors (Lipinski definition) is 5. The third-order valence-electron chi connectivity index (χ3n) is 5.69. The Balaban J connectivity index is 1.59. The third-order valence-corrected chi connectivity index (χ3v) is 5.89. The first-order valence-electron chi connectivity index (χ1n) is 10.1. The van der Waals surface area contributed by atoms with Crippen LogP contribution in [0.15, 0.2) is 24.7 Å². The van der Waals surface area contributed by atoms with Gasteiger partial charge in [0, 0.05) is 41.3 Å². The molecule has 1 amide bonds. The first-order chi connectivity index (χ1) is 14.4. The van der Waals surface area contributed by atoms with Crippen LogP contribution < -0.4 is 10.6 Å². The molecular weight excluding hydrogens is 407 g/mol. The summed E-state index contributed by atoms with van der Waals surface area (Å²) in [4.78, 5) is 28.4. The van der Waals surface area contributed by atoms with Gasteiger partial charge in [0.15, 0.2) is 17.5 Å². The predicted octanol–water partition coefficient (Wildman–Crippen LogP) is 4.31. The lowest BCUT2D eigenvalue weighted by molar-refractivity contribution is -0.131. The highest BCUT2D eigenvalue weighted by atomic mass is 35.5. The molecule has 3 aromatic heterocycles. The number of H-pyrrole nitrogens is 1. The van der Waals surface area contributed by atoms with Crippen molar-refractivity contribution < 1.29 is 9.18 Å². The van der Waals surface area contributed by atoms with Gasteiger partial charge in [-0.25, -0.2) is 19.3 Å². The predicted molar refractivity (Wildman–Crippen MR) is 115 cm³/mol. The highest BCUT2D eigenvalue weighted by Gasteiger charge is 2.38. The van der Waals surface area contributed by atoms with Crippen LogP contribution in [0.2, 0.25) is 5.02 Å². The topological polar surface area (TPSA) is 95.6 Å². The third kappa shape index (κ3) is 3.96. The summed E-state index contributed by atoms with van der Waals surface area (Å²) in [5.74, 6) is 0.0227. The van der Waals surface area contributed by atoms with Crippen molar-refractivity contribution in [2.75, 3.05) is 11.9 Å². The number of carbonyl (C=O) groups is 1. The van der Waals surface area contributed by atoms with E-state index in [0.717, 1.165) is 30.8 Å². The van der Waals surface area contributed by atoms with Crippen molar-refractivity contribution in [1.29, 1.82) is 0 Å². The molecule has 7 nitrogen and oxygen atoms in total. The smallest absolute Gasteiger partial charge is 0.226 e. The largest absolute Gasteiger partial charge is 0.365 e. The van der Waals surface area contributed by atoms with E-state index in [1.165, 1.54) is 0 Å². The molecule has 158 valence electrons. The number of rotatable bonds is 5. The maximum Gasteiger partial charge on any atom is 0.226 e. The number of nitrogens with zero attached hydrogens (tertiary/aromatic N) is 3. The maximum atomic E-state index is 14.5. The van der Waals surface area contributed by atoms with Gasteiger partial charge in [-0.2, -0.15) is 0 Å². The lowest BCUT2D eigenvalue weighted by atomic mass is 9.73. The number of amides is 1. The first-order valence-corrected chi connectivity index (χ1v) is 10.5. The van der Waals surface area contributed by atoms with Crippen molar-refractivity contribution >= 4 is 34.4 Å². The average molecular weight is 431 g/mol. The minimum atomic E-state index is -0.528. The molecule has 4 rings (SSSR count). The molecule has 0 bridgehead atoms. The maximum absolute atomic E-state index is 14.5. The van der Waals surface area contributed by atoms with Crippen LogP contribution in [-0.4, -0.2) is 38.4 Å². The minimum Gasteiger partial charge on any atom is -0.365 e. The lowest BCUT2D eigenvalue weighted by Gasteiger charge is -2.37. The molecule has 0 radical (unpaired) electrons. The normalized spacial score (nSPS) is 21.5. The van der Waals surface area contributed by atoms with E-state index < -0.39 is 11.2 Å². The van der Waals surface area contributed by atoms with Crippen molar-refractivity contribution in [2.45, 2.75) is 45.6 Å². The van der Waals surface area contributed by atoms with Crippen LogP contribution in [0.5, 0.6) is 0 Å². The van der Waals surface area contributed by atoms with Gasteiger partial charge in [0.2, 0.25) is 5.91 Å². The van der Waals surface area contributed by atoms with E-state index in [4.69, 9.17) is 11.6 Å².